The molecule has 8 aromatic rings. The Kier molecular flexibility index (Phi) is 12.2. The Bertz CT molecular complexity index is 2320. The molecular formula is C48H38BBr3S. The predicted octanol–water partition coefficient (Wildman–Crippen LogP) is 12.9. The first-order valence-corrected chi connectivity index (χ1v) is 21.5. The maximum absolute atomic E-state index is 4.06. The van der Waals surface area contributed by atoms with Gasteiger partial charge in [-0.25, -0.2) is 0 Å². The number of rotatable bonds is 9. The van der Waals surface area contributed by atoms with E-state index in [1.165, 1.54) is 53.3 Å². The smallest absolute Gasteiger partial charge is 0.168 e. The number of hydrogen-bond acceptors (Lipinski definition) is 0. The Labute approximate surface area is 341 Å². The molecule has 0 amide bonds. The minimum absolute atomic E-state index is 0.0328. The molecule has 0 aliphatic carbocycles. The highest BCUT2D eigenvalue weighted by molar-refractivity contribution is 9.11. The lowest BCUT2D eigenvalue weighted by Gasteiger charge is -2.42. The van der Waals surface area contributed by atoms with Gasteiger partial charge in [0.25, 0.3) is 0 Å². The molecule has 5 heteroatoms. The van der Waals surface area contributed by atoms with Crippen LogP contribution in [0.4, 0.5) is 0 Å². The number of benzene rings is 8. The number of fused-ring (bicyclic) bond motifs is 2. The molecular weight excluding hydrogens is 859 g/mol. The van der Waals surface area contributed by atoms with Crippen molar-refractivity contribution in [2.75, 3.05) is 0 Å². The first-order chi connectivity index (χ1) is 26.0. The van der Waals surface area contributed by atoms with Gasteiger partial charge in [-0.3, -0.25) is 0 Å². The van der Waals surface area contributed by atoms with Gasteiger partial charge >= 0.3 is 0 Å². The molecule has 1 atom stereocenters. The molecule has 0 aliphatic heterocycles. The van der Waals surface area contributed by atoms with Crippen molar-refractivity contribution in [3.63, 3.8) is 0 Å². The van der Waals surface area contributed by atoms with Crippen molar-refractivity contribution in [3.8, 4) is 0 Å². The van der Waals surface area contributed by atoms with E-state index in [0.717, 1.165) is 25.5 Å². The van der Waals surface area contributed by atoms with E-state index >= 15 is 0 Å². The van der Waals surface area contributed by atoms with Crippen LogP contribution in [0.15, 0.2) is 224 Å². The lowest BCUT2D eigenvalue weighted by atomic mass is 9.14. The number of hydrogen-bond donors (Lipinski definition) is 0. The Hall–Kier alpha value is -4.13. The molecule has 1 unspecified atom stereocenters. The normalized spacial score (nSPS) is 11.8. The third-order valence-electron chi connectivity index (χ3n) is 10.1. The molecule has 8 aromatic carbocycles. The van der Waals surface area contributed by atoms with Gasteiger partial charge in [-0.15, -0.1) is 19.0 Å². The van der Waals surface area contributed by atoms with Crippen molar-refractivity contribution in [2.24, 2.45) is 0 Å². The van der Waals surface area contributed by atoms with Gasteiger partial charge < -0.3 is 0 Å². The molecule has 0 aromatic heterocycles. The lowest BCUT2D eigenvalue weighted by Crippen LogP contribution is -2.66. The molecule has 0 nitrogen and oxygen atoms in total. The van der Waals surface area contributed by atoms with Gasteiger partial charge in [-0.1, -0.05) is 212 Å². The summed E-state index contributed by atoms with van der Waals surface area (Å²) in [7, 11) is -0.0328. The lowest BCUT2D eigenvalue weighted by molar-refractivity contribution is 1.34. The average molecular weight is 897 g/mol. The van der Waals surface area contributed by atoms with E-state index in [1.807, 2.05) is 6.08 Å². The van der Waals surface area contributed by atoms with Crippen LogP contribution in [-0.4, -0.2) is 6.15 Å². The summed E-state index contributed by atoms with van der Waals surface area (Å²) in [5.41, 5.74) is 5.35. The van der Waals surface area contributed by atoms with Gasteiger partial charge in [-0.2, -0.15) is 16.4 Å². The zero-order valence-corrected chi connectivity index (χ0v) is 34.8. The quantitative estimate of drug-likeness (QED) is 0.0769. The summed E-state index contributed by atoms with van der Waals surface area (Å²) in [5.74, 6) is 1.01. The van der Waals surface area contributed by atoms with Gasteiger partial charge in [0.05, 0.1) is 17.0 Å². The van der Waals surface area contributed by atoms with E-state index in [0.29, 0.717) is 0 Å². The molecule has 0 spiro atoms. The van der Waals surface area contributed by atoms with E-state index in [4.69, 9.17) is 0 Å². The summed E-state index contributed by atoms with van der Waals surface area (Å²) in [6.45, 7) is 4.06. The largest absolute Gasteiger partial charge is 0.200 e. The second-order valence-electron chi connectivity index (χ2n) is 13.2. The fourth-order valence-electron chi connectivity index (χ4n) is 7.47. The third kappa shape index (κ3) is 8.35. The monoisotopic (exact) mass is 894 g/mol. The van der Waals surface area contributed by atoms with Crippen molar-refractivity contribution < 1.29 is 0 Å². The number of allylic oxidation sites excluding steroid dienone is 1. The summed E-state index contributed by atoms with van der Waals surface area (Å²) in [4.78, 5) is 2.82. The van der Waals surface area contributed by atoms with E-state index in [1.54, 1.807) is 0 Å². The topological polar surface area (TPSA) is 0 Å². The highest BCUT2D eigenvalue weighted by atomic mass is 79.9. The molecule has 0 radical (unpaired) electrons. The van der Waals surface area contributed by atoms with Gasteiger partial charge in [0.1, 0.15) is 5.75 Å². The molecule has 53 heavy (non-hydrogen) atoms. The van der Waals surface area contributed by atoms with Gasteiger partial charge in [0, 0.05) is 24.4 Å². The molecule has 8 rings (SSSR count). The third-order valence-corrected chi connectivity index (χ3v) is 14.0. The molecule has 0 saturated heterocycles. The van der Waals surface area contributed by atoms with Gasteiger partial charge in [0.2, 0.25) is 0 Å². The van der Waals surface area contributed by atoms with E-state index in [9.17, 15) is 0 Å². The van der Waals surface area contributed by atoms with Crippen molar-refractivity contribution in [2.45, 2.75) is 21.9 Å². The van der Waals surface area contributed by atoms with Gasteiger partial charge in [0.15, 0.2) is 9.79 Å². The second-order valence-corrected chi connectivity index (χ2v) is 17.9. The minimum atomic E-state index is -1.13. The van der Waals surface area contributed by atoms with Crippen LogP contribution < -0.4 is 16.4 Å². The van der Waals surface area contributed by atoms with Crippen LogP contribution in [0.25, 0.3) is 21.5 Å². The zero-order chi connectivity index (χ0) is 36.6. The summed E-state index contributed by atoms with van der Waals surface area (Å²) in [6, 6.07) is 67.9. The Morgan fingerprint density at radius 2 is 0.887 bits per heavy atom. The molecule has 260 valence electrons. The first kappa shape index (κ1) is 37.2. The Balaban J connectivity index is 0.000000166. The van der Waals surface area contributed by atoms with Crippen LogP contribution in [0, 0.1) is 0 Å². The molecule has 0 heterocycles. The van der Waals surface area contributed by atoms with Crippen molar-refractivity contribution in [3.05, 3.63) is 220 Å². The summed E-state index contributed by atoms with van der Waals surface area (Å²) in [6.07, 6.45) is 1.79. The van der Waals surface area contributed by atoms with Crippen LogP contribution >= 0.6 is 47.8 Å². The standard InChI is InChI=1S/C27H21S.C21H17BBr3/c1-2-15-24(16-3-1)28(27-19-9-13-22-11-5-7-18-26(22)27)20-23-14-8-12-21-10-4-6-17-25(21)23;1-2-15-22(16-3-9-19(23)10-4-16,17-5-11-20(24)12-6-17)18-7-13-21(25)14-8-18/h1-19H,20H2;2-14H,1,15H2/q+1;-1. The maximum atomic E-state index is 4.06. The molecule has 0 fully saturated rings. The minimum Gasteiger partial charge on any atom is -0.200 e. The van der Waals surface area contributed by atoms with Crippen molar-refractivity contribution in [1.82, 2.24) is 0 Å². The SMILES string of the molecule is C=CC[B-](c1ccc(Br)cc1)(c1ccc(Br)cc1)c1ccc(Br)cc1.c1ccc([S+](Cc2cccc3ccccc23)c2cccc3ccccc23)cc1. The highest BCUT2D eigenvalue weighted by Gasteiger charge is 2.30. The Morgan fingerprint density at radius 3 is 1.42 bits per heavy atom. The molecule has 0 saturated carbocycles. The van der Waals surface area contributed by atoms with Crippen molar-refractivity contribution in [1.29, 1.82) is 0 Å². The molecule has 0 aliphatic rings. The van der Waals surface area contributed by atoms with Crippen LogP contribution in [0.2, 0.25) is 6.32 Å². The van der Waals surface area contributed by atoms with Crippen molar-refractivity contribution >= 4 is 103 Å². The summed E-state index contributed by atoms with van der Waals surface area (Å²) in [5, 5.41) is 5.34. The summed E-state index contributed by atoms with van der Waals surface area (Å²) < 4.78 is 3.27. The first-order valence-electron chi connectivity index (χ1n) is 17.7. The van der Waals surface area contributed by atoms with Crippen LogP contribution in [0.1, 0.15) is 5.56 Å². The van der Waals surface area contributed by atoms with E-state index < -0.39 is 6.15 Å². The second kappa shape index (κ2) is 17.3. The van der Waals surface area contributed by atoms with Crippen LogP contribution in [0.3, 0.4) is 0 Å². The number of halogens is 3. The fourth-order valence-corrected chi connectivity index (χ4v) is 10.6. The average Bonchev–Trinajstić information content (AvgIpc) is 3.20. The molecule has 0 N–H and O–H groups in total. The molecule has 0 bridgehead atoms. The Morgan fingerprint density at radius 1 is 0.453 bits per heavy atom. The fraction of sp³-hybridized carbons (Fsp3) is 0.0417. The predicted molar refractivity (Wildman–Crippen MR) is 244 cm³/mol. The maximum Gasteiger partial charge on any atom is 0.168 e. The van der Waals surface area contributed by atoms with E-state index in [2.05, 4.69) is 242 Å². The van der Waals surface area contributed by atoms with E-state index in [-0.39, 0.29) is 10.9 Å². The van der Waals surface area contributed by atoms with Gasteiger partial charge in [-0.05, 0) is 40.4 Å². The summed E-state index contributed by atoms with van der Waals surface area (Å²) >= 11 is 10.7. The zero-order valence-electron chi connectivity index (χ0n) is 29.2. The van der Waals surface area contributed by atoms with Crippen LogP contribution in [-0.2, 0) is 16.6 Å². The highest BCUT2D eigenvalue weighted by Crippen LogP contribution is 2.34. The van der Waals surface area contributed by atoms with Crippen LogP contribution in [0.5, 0.6) is 0 Å².